The maximum atomic E-state index is 12.8. The van der Waals surface area contributed by atoms with Gasteiger partial charge >= 0.3 is 22.2 Å². The molecular formula is C4H2F10NO4S2-. The number of sulfonamides is 2. The van der Waals surface area contributed by atoms with E-state index in [9.17, 15) is 56.4 Å². The molecule has 0 heterocycles. The Morgan fingerprint density at radius 3 is 1.52 bits per heavy atom. The van der Waals surface area contributed by atoms with Crippen molar-refractivity contribution in [1.29, 1.82) is 0 Å². The van der Waals surface area contributed by atoms with Gasteiger partial charge in [-0.15, -0.1) is 13.4 Å². The predicted octanol–water partition coefficient (Wildman–Crippen LogP) is 1.32. The van der Waals surface area contributed by atoms with Crippen LogP contribution >= 0.6 is 0 Å². The zero-order valence-corrected chi connectivity index (χ0v) is 10.4. The number of alkyl halides is 9. The van der Waals surface area contributed by atoms with Crippen LogP contribution in [-0.2, 0) is 20.7 Å². The Hall–Kier alpha value is -0.520. The summed E-state index contributed by atoms with van der Waals surface area (Å²) >= 11 is -5.80. The number of sulfone groups is 1. The third-order valence-electron chi connectivity index (χ3n) is 1.74. The molecule has 1 atom stereocenters. The van der Waals surface area contributed by atoms with Crippen LogP contribution < -0.4 is 4.72 Å². The molecule has 0 radical (unpaired) electrons. The normalized spacial score (nSPS) is 19.0. The topological polar surface area (TPSA) is 89.5 Å². The quantitative estimate of drug-likeness (QED) is 0.427. The second kappa shape index (κ2) is 4.74. The largest absolute Gasteiger partial charge is 0.747 e. The van der Waals surface area contributed by atoms with E-state index in [1.807, 2.05) is 0 Å². The molecule has 0 aromatic rings. The third-order valence-corrected chi connectivity index (χ3v) is 6.05. The number of hydrogen-bond donors (Lipinski definition) is 2. The molecule has 130 valence electrons. The van der Waals surface area contributed by atoms with Crippen molar-refractivity contribution in [2.24, 2.45) is 0 Å². The van der Waals surface area contributed by atoms with Crippen LogP contribution in [0.1, 0.15) is 0 Å². The van der Waals surface area contributed by atoms with Crippen LogP contribution in [0.4, 0.5) is 43.4 Å². The highest BCUT2D eigenvalue weighted by molar-refractivity contribution is 8.22. The van der Waals surface area contributed by atoms with Crippen LogP contribution in [0.15, 0.2) is 0 Å². The molecule has 5 nitrogen and oxygen atoms in total. The molecular weight excluding hydrogens is 380 g/mol. The van der Waals surface area contributed by atoms with Crippen LogP contribution in [-0.4, -0.2) is 40.3 Å². The van der Waals surface area contributed by atoms with Crippen LogP contribution in [0, 0.1) is 0 Å². The molecule has 0 aromatic carbocycles. The summed E-state index contributed by atoms with van der Waals surface area (Å²) in [6.45, 7) is 0. The van der Waals surface area contributed by atoms with Crippen molar-refractivity contribution in [3.63, 3.8) is 0 Å². The first kappa shape index (κ1) is 20.5. The van der Waals surface area contributed by atoms with Crippen molar-refractivity contribution in [2.45, 2.75) is 22.2 Å². The first-order valence-corrected chi connectivity index (χ1v) is 6.84. The molecule has 0 aliphatic rings. The molecule has 0 fully saturated rings. The maximum absolute atomic E-state index is 12.8. The summed E-state index contributed by atoms with van der Waals surface area (Å²) < 4.78 is 146. The lowest BCUT2D eigenvalue weighted by atomic mass is 10.7. The summed E-state index contributed by atoms with van der Waals surface area (Å²) in [5.74, 6) is 0. The van der Waals surface area contributed by atoms with E-state index in [2.05, 4.69) is 0 Å². The molecule has 1 unspecified atom stereocenters. The van der Waals surface area contributed by atoms with E-state index in [1.165, 1.54) is 0 Å². The second-order valence-electron chi connectivity index (χ2n) is 3.22. The first-order chi connectivity index (χ1) is 8.70. The fourth-order valence-corrected chi connectivity index (χ4v) is 3.63. The van der Waals surface area contributed by atoms with Gasteiger partial charge in [0.1, 0.15) is 0 Å². The van der Waals surface area contributed by atoms with E-state index >= 15 is 0 Å². The van der Waals surface area contributed by atoms with Gasteiger partial charge in [0.15, 0.2) is 0 Å². The number of hydrogen-bond acceptors (Lipinski definition) is 4. The average molecular weight is 382 g/mol. The number of rotatable bonds is 5. The van der Waals surface area contributed by atoms with Crippen LogP contribution in [0.2, 0.25) is 0 Å². The lowest BCUT2D eigenvalue weighted by molar-refractivity contribution is -0.296. The van der Waals surface area contributed by atoms with Gasteiger partial charge in [-0.1, -0.05) is 0 Å². The molecule has 0 saturated heterocycles. The van der Waals surface area contributed by atoms with E-state index in [1.54, 1.807) is 0 Å². The maximum Gasteiger partial charge on any atom is 0.471 e. The number of nitrogens with one attached hydrogen (secondary N) is 1. The van der Waals surface area contributed by atoms with Crippen LogP contribution in [0.5, 0.6) is 0 Å². The molecule has 0 bridgehead atoms. The van der Waals surface area contributed by atoms with Crippen molar-refractivity contribution in [2.75, 3.05) is 0 Å². The van der Waals surface area contributed by atoms with Gasteiger partial charge in [0, 0.05) is 0 Å². The fourth-order valence-electron chi connectivity index (χ4n) is 0.825. The van der Waals surface area contributed by atoms with Gasteiger partial charge < -0.3 is 9.66 Å². The SMILES string of the molecule is O=S(F)C(F)(F)S(=O)([O-])(NC(F)(F)F)C(F)(F)C(O)(F)F. The van der Waals surface area contributed by atoms with E-state index in [-0.39, 0.29) is 0 Å². The smallest absolute Gasteiger partial charge is 0.471 e. The van der Waals surface area contributed by atoms with Crippen molar-refractivity contribution in [1.82, 2.24) is 4.72 Å². The van der Waals surface area contributed by atoms with Gasteiger partial charge in [0.2, 0.25) is 0 Å². The summed E-state index contributed by atoms with van der Waals surface area (Å²) in [5.41, 5.74) is 0. The number of aliphatic hydroxyl groups is 1. The molecule has 2 N–H and O–H groups in total. The van der Waals surface area contributed by atoms with Gasteiger partial charge in [-0.2, -0.15) is 44.2 Å². The summed E-state index contributed by atoms with van der Waals surface area (Å²) in [7, 11) is -9.94. The Balaban J connectivity index is 6.73. The summed E-state index contributed by atoms with van der Waals surface area (Å²) in [5, 5.41) is -0.0224. The Morgan fingerprint density at radius 1 is 1.00 bits per heavy atom. The second-order valence-corrected chi connectivity index (χ2v) is 7.42. The molecule has 0 spiro atoms. The highest BCUT2D eigenvalue weighted by Gasteiger charge is 2.77. The minimum absolute atomic E-state index is 1.50. The predicted molar refractivity (Wildman–Crippen MR) is 44.4 cm³/mol. The fraction of sp³-hybridized carbons (Fsp3) is 1.00. The summed E-state index contributed by atoms with van der Waals surface area (Å²) in [4.78, 5) is 0. The number of halogens is 10. The summed E-state index contributed by atoms with van der Waals surface area (Å²) in [6, 6.07) is 0. The highest BCUT2D eigenvalue weighted by atomic mass is 32.3. The Bertz CT molecular complexity index is 510. The van der Waals surface area contributed by atoms with E-state index in [4.69, 9.17) is 5.11 Å². The molecule has 0 aliphatic heterocycles. The Kier molecular flexibility index (Phi) is 4.62. The molecule has 0 amide bonds. The zero-order chi connectivity index (χ0) is 17.7. The third kappa shape index (κ3) is 2.88. The van der Waals surface area contributed by atoms with E-state index < -0.39 is 47.7 Å². The van der Waals surface area contributed by atoms with Gasteiger partial charge in [-0.05, 0) is 0 Å². The minimum Gasteiger partial charge on any atom is -0.747 e. The Morgan fingerprint density at radius 2 is 1.33 bits per heavy atom. The lowest BCUT2D eigenvalue weighted by Crippen LogP contribution is -2.76. The van der Waals surface area contributed by atoms with Gasteiger partial charge in [0.25, 0.3) is 11.2 Å². The van der Waals surface area contributed by atoms with E-state index in [0.717, 1.165) is 0 Å². The van der Waals surface area contributed by atoms with Crippen molar-refractivity contribution in [3.8, 4) is 0 Å². The molecule has 0 saturated carbocycles. The standard InChI is InChI=1S/C4H3F10NO4S2/c5-1(6,16)2(7,8)21(18,19,15-3(9,10)11)4(12,13)20(14)17/h16H,(H2,15,18,19)/p-1. The van der Waals surface area contributed by atoms with Crippen molar-refractivity contribution >= 4 is 20.7 Å². The monoisotopic (exact) mass is 382 g/mol. The molecule has 0 aliphatic carbocycles. The van der Waals surface area contributed by atoms with E-state index in [0.29, 0.717) is 0 Å². The molecule has 0 aromatic heterocycles. The van der Waals surface area contributed by atoms with Gasteiger partial charge in [0.05, 0.1) is 0 Å². The van der Waals surface area contributed by atoms with Crippen molar-refractivity contribution < 1.29 is 61.5 Å². The van der Waals surface area contributed by atoms with Gasteiger partial charge in [-0.3, -0.25) is 0 Å². The van der Waals surface area contributed by atoms with Crippen LogP contribution in [0.3, 0.4) is 0 Å². The first-order valence-electron chi connectivity index (χ1n) is 3.90. The highest BCUT2D eigenvalue weighted by Crippen LogP contribution is 2.57. The van der Waals surface area contributed by atoms with Crippen LogP contribution in [0.25, 0.3) is 0 Å². The van der Waals surface area contributed by atoms with Gasteiger partial charge in [-0.25, -0.2) is 8.42 Å². The van der Waals surface area contributed by atoms with Crippen molar-refractivity contribution in [3.05, 3.63) is 0 Å². The zero-order valence-electron chi connectivity index (χ0n) is 8.77. The summed E-state index contributed by atoms with van der Waals surface area (Å²) in [6.07, 6.45) is -13.7. The minimum atomic E-state index is -9.94. The Labute approximate surface area is 110 Å². The average Bonchev–Trinajstić information content (AvgIpc) is 2.11. The molecule has 0 rings (SSSR count). The molecule has 17 heteroatoms. The lowest BCUT2D eigenvalue weighted by Gasteiger charge is -2.60. The molecule has 21 heavy (non-hydrogen) atoms.